The molecule has 5 nitrogen and oxygen atoms in total. The molecule has 1 N–H and O–H groups in total. The SMILES string of the molecule is O=C(NC1CC1)C1CCCN1S(=O)(=O)CCCl. The van der Waals surface area contributed by atoms with Crippen molar-refractivity contribution in [2.75, 3.05) is 18.2 Å². The summed E-state index contributed by atoms with van der Waals surface area (Å²) in [6.07, 6.45) is 3.37. The second kappa shape index (κ2) is 5.12. The summed E-state index contributed by atoms with van der Waals surface area (Å²) in [5, 5.41) is 2.86. The smallest absolute Gasteiger partial charge is 0.238 e. The minimum Gasteiger partial charge on any atom is -0.352 e. The van der Waals surface area contributed by atoms with Gasteiger partial charge in [-0.3, -0.25) is 4.79 Å². The lowest BCUT2D eigenvalue weighted by molar-refractivity contribution is -0.124. The van der Waals surface area contributed by atoms with Crippen molar-refractivity contribution in [3.05, 3.63) is 0 Å². The molecule has 98 valence electrons. The summed E-state index contributed by atoms with van der Waals surface area (Å²) in [5.41, 5.74) is 0. The van der Waals surface area contributed by atoms with Crippen molar-refractivity contribution < 1.29 is 13.2 Å². The minimum atomic E-state index is -3.38. The van der Waals surface area contributed by atoms with E-state index in [0.717, 1.165) is 19.3 Å². The Kier molecular flexibility index (Phi) is 3.95. The first kappa shape index (κ1) is 13.1. The van der Waals surface area contributed by atoms with Gasteiger partial charge in [-0.2, -0.15) is 4.31 Å². The molecule has 2 fully saturated rings. The molecule has 2 rings (SSSR count). The minimum absolute atomic E-state index is 0.0653. The first-order valence-corrected chi connectivity index (χ1v) is 8.05. The first-order valence-electron chi connectivity index (χ1n) is 5.90. The monoisotopic (exact) mass is 280 g/mol. The zero-order chi connectivity index (χ0) is 12.5. The normalized spacial score (nSPS) is 26.1. The van der Waals surface area contributed by atoms with Crippen molar-refractivity contribution in [2.45, 2.75) is 37.8 Å². The molecule has 0 aromatic rings. The highest BCUT2D eigenvalue weighted by Crippen LogP contribution is 2.24. The van der Waals surface area contributed by atoms with Crippen LogP contribution in [0.15, 0.2) is 0 Å². The highest BCUT2D eigenvalue weighted by atomic mass is 35.5. The second-order valence-corrected chi connectivity index (χ2v) is 6.98. The van der Waals surface area contributed by atoms with Crippen LogP contribution in [0.1, 0.15) is 25.7 Å². The van der Waals surface area contributed by atoms with Gasteiger partial charge in [0.15, 0.2) is 0 Å². The van der Waals surface area contributed by atoms with Crippen molar-refractivity contribution >= 4 is 27.5 Å². The standard InChI is InChI=1S/C10H17ClN2O3S/c11-5-7-17(15,16)13-6-1-2-9(13)10(14)12-8-3-4-8/h8-9H,1-7H2,(H,12,14). The Labute approximate surface area is 107 Å². The topological polar surface area (TPSA) is 66.5 Å². The van der Waals surface area contributed by atoms with E-state index in [0.29, 0.717) is 13.0 Å². The summed E-state index contributed by atoms with van der Waals surface area (Å²) in [7, 11) is -3.38. The van der Waals surface area contributed by atoms with Crippen molar-refractivity contribution in [3.63, 3.8) is 0 Å². The molecule has 0 bridgehead atoms. The maximum atomic E-state index is 11.9. The summed E-state index contributed by atoms with van der Waals surface area (Å²) in [4.78, 5) is 11.9. The molecule has 1 saturated heterocycles. The maximum Gasteiger partial charge on any atom is 0.238 e. The average molecular weight is 281 g/mol. The number of sulfonamides is 1. The molecule has 0 spiro atoms. The van der Waals surface area contributed by atoms with Crippen LogP contribution in [0.2, 0.25) is 0 Å². The van der Waals surface area contributed by atoms with E-state index in [2.05, 4.69) is 5.32 Å². The number of carbonyl (C=O) groups is 1. The van der Waals surface area contributed by atoms with E-state index in [1.54, 1.807) is 0 Å². The Morgan fingerprint density at radius 3 is 2.65 bits per heavy atom. The predicted molar refractivity (Wildman–Crippen MR) is 65.4 cm³/mol. The van der Waals surface area contributed by atoms with Crippen LogP contribution in [0.25, 0.3) is 0 Å². The predicted octanol–water partition coefficient (Wildman–Crippen LogP) is 0.298. The number of hydrogen-bond donors (Lipinski definition) is 1. The van der Waals surface area contributed by atoms with Crippen LogP contribution >= 0.6 is 11.6 Å². The molecule has 1 atom stereocenters. The lowest BCUT2D eigenvalue weighted by Crippen LogP contribution is -2.47. The van der Waals surface area contributed by atoms with Crippen molar-refractivity contribution in [1.82, 2.24) is 9.62 Å². The quantitative estimate of drug-likeness (QED) is 0.737. The van der Waals surface area contributed by atoms with E-state index in [-0.39, 0.29) is 23.6 Å². The first-order chi connectivity index (χ1) is 8.04. The van der Waals surface area contributed by atoms with E-state index < -0.39 is 16.1 Å². The zero-order valence-electron chi connectivity index (χ0n) is 9.56. The van der Waals surface area contributed by atoms with E-state index in [1.165, 1.54) is 4.31 Å². The van der Waals surface area contributed by atoms with Crippen LogP contribution in [-0.2, 0) is 14.8 Å². The van der Waals surface area contributed by atoms with Gasteiger partial charge in [0.05, 0.1) is 5.75 Å². The van der Waals surface area contributed by atoms with Gasteiger partial charge in [0.2, 0.25) is 15.9 Å². The zero-order valence-corrected chi connectivity index (χ0v) is 11.1. The fourth-order valence-electron chi connectivity index (χ4n) is 2.07. The molecule has 7 heteroatoms. The van der Waals surface area contributed by atoms with Gasteiger partial charge in [-0.05, 0) is 25.7 Å². The van der Waals surface area contributed by atoms with Crippen LogP contribution < -0.4 is 5.32 Å². The van der Waals surface area contributed by atoms with E-state index in [1.807, 2.05) is 0 Å². The van der Waals surface area contributed by atoms with Gasteiger partial charge in [-0.25, -0.2) is 8.42 Å². The summed E-state index contributed by atoms with van der Waals surface area (Å²) in [6.45, 7) is 0.433. The summed E-state index contributed by atoms with van der Waals surface area (Å²) >= 11 is 5.48. The van der Waals surface area contributed by atoms with Crippen LogP contribution in [0.3, 0.4) is 0 Å². The van der Waals surface area contributed by atoms with Gasteiger partial charge in [-0.15, -0.1) is 11.6 Å². The number of amides is 1. The maximum absolute atomic E-state index is 11.9. The Bertz CT molecular complexity index is 394. The third kappa shape index (κ3) is 3.11. The van der Waals surface area contributed by atoms with E-state index >= 15 is 0 Å². The molecule has 0 aromatic heterocycles. The molecule has 0 radical (unpaired) electrons. The lowest BCUT2D eigenvalue weighted by Gasteiger charge is -2.22. The fourth-order valence-corrected chi connectivity index (χ4v) is 4.09. The Morgan fingerprint density at radius 2 is 2.06 bits per heavy atom. The van der Waals surface area contributed by atoms with Gasteiger partial charge >= 0.3 is 0 Å². The van der Waals surface area contributed by atoms with Crippen molar-refractivity contribution in [2.24, 2.45) is 0 Å². The molecule has 1 aliphatic heterocycles. The molecule has 1 amide bonds. The molecular formula is C10H17ClN2O3S. The van der Waals surface area contributed by atoms with Crippen LogP contribution in [0, 0.1) is 0 Å². The molecule has 2 aliphatic rings. The molecule has 1 unspecified atom stereocenters. The van der Waals surface area contributed by atoms with Gasteiger partial charge in [0.25, 0.3) is 0 Å². The Balaban J connectivity index is 2.03. The number of nitrogens with zero attached hydrogens (tertiary/aromatic N) is 1. The van der Waals surface area contributed by atoms with Crippen LogP contribution in [0.4, 0.5) is 0 Å². The van der Waals surface area contributed by atoms with E-state index in [4.69, 9.17) is 11.6 Å². The van der Waals surface area contributed by atoms with Crippen LogP contribution in [0.5, 0.6) is 0 Å². The Morgan fingerprint density at radius 1 is 1.35 bits per heavy atom. The molecule has 0 aromatic carbocycles. The molecule has 1 aliphatic carbocycles. The lowest BCUT2D eigenvalue weighted by atomic mass is 10.2. The van der Waals surface area contributed by atoms with Gasteiger partial charge in [-0.1, -0.05) is 0 Å². The van der Waals surface area contributed by atoms with Crippen molar-refractivity contribution in [1.29, 1.82) is 0 Å². The average Bonchev–Trinajstić information content (AvgIpc) is 2.92. The number of hydrogen-bond acceptors (Lipinski definition) is 3. The number of nitrogens with one attached hydrogen (secondary N) is 1. The highest BCUT2D eigenvalue weighted by molar-refractivity contribution is 7.89. The van der Waals surface area contributed by atoms with Gasteiger partial charge in [0, 0.05) is 18.5 Å². The highest BCUT2D eigenvalue weighted by Gasteiger charge is 2.39. The third-order valence-corrected chi connectivity index (χ3v) is 5.41. The van der Waals surface area contributed by atoms with Crippen LogP contribution in [-0.4, -0.2) is 48.9 Å². The number of alkyl halides is 1. The van der Waals surface area contributed by atoms with Gasteiger partial charge in [0.1, 0.15) is 6.04 Å². The summed E-state index contributed by atoms with van der Waals surface area (Å²) in [6, 6.07) is -0.260. The third-order valence-electron chi connectivity index (χ3n) is 3.12. The largest absolute Gasteiger partial charge is 0.352 e. The number of rotatable bonds is 5. The number of carbonyl (C=O) groups excluding carboxylic acids is 1. The van der Waals surface area contributed by atoms with Crippen molar-refractivity contribution in [3.8, 4) is 0 Å². The molecule has 17 heavy (non-hydrogen) atoms. The fraction of sp³-hybridized carbons (Fsp3) is 0.900. The van der Waals surface area contributed by atoms with E-state index in [9.17, 15) is 13.2 Å². The molecule has 1 saturated carbocycles. The molecular weight excluding hydrogens is 264 g/mol. The van der Waals surface area contributed by atoms with Gasteiger partial charge < -0.3 is 5.32 Å². The summed E-state index contributed by atoms with van der Waals surface area (Å²) in [5.74, 6) is -0.180. The summed E-state index contributed by atoms with van der Waals surface area (Å²) < 4.78 is 25.1. The number of halogens is 1. The second-order valence-electron chi connectivity index (χ2n) is 4.56. The Hall–Kier alpha value is -0.330. The molecule has 1 heterocycles.